The molecule has 0 aromatic rings. The summed E-state index contributed by atoms with van der Waals surface area (Å²) in [6.45, 7) is 10.8. The van der Waals surface area contributed by atoms with E-state index < -0.39 is 0 Å². The van der Waals surface area contributed by atoms with Crippen LogP contribution in [0.4, 0.5) is 0 Å². The lowest BCUT2D eigenvalue weighted by molar-refractivity contribution is 0.205. The molecule has 0 saturated carbocycles. The van der Waals surface area contributed by atoms with E-state index in [2.05, 4.69) is 29.7 Å². The fraction of sp³-hybridized carbons (Fsp3) is 0.909. The van der Waals surface area contributed by atoms with E-state index in [1.165, 1.54) is 6.42 Å². The van der Waals surface area contributed by atoms with E-state index >= 15 is 0 Å². The van der Waals surface area contributed by atoms with Crippen molar-refractivity contribution in [2.75, 3.05) is 26.2 Å². The minimum atomic E-state index is 0.0792. The molecule has 1 heterocycles. The van der Waals surface area contributed by atoms with E-state index in [1.54, 1.807) is 0 Å². The van der Waals surface area contributed by atoms with Crippen LogP contribution in [0.25, 0.3) is 0 Å². The molecule has 3 heteroatoms. The van der Waals surface area contributed by atoms with Crippen LogP contribution in [0.3, 0.4) is 0 Å². The topological polar surface area (TPSA) is 30.3 Å². The van der Waals surface area contributed by atoms with Gasteiger partial charge in [0.15, 0.2) is 0 Å². The van der Waals surface area contributed by atoms with Crippen molar-refractivity contribution in [3.8, 4) is 6.07 Å². The lowest BCUT2D eigenvalue weighted by Gasteiger charge is -2.26. The summed E-state index contributed by atoms with van der Waals surface area (Å²) in [7, 11) is 0. The third-order valence-corrected chi connectivity index (χ3v) is 3.26. The van der Waals surface area contributed by atoms with Crippen LogP contribution in [0.1, 0.15) is 27.2 Å². The third kappa shape index (κ3) is 2.46. The zero-order valence-corrected chi connectivity index (χ0v) is 9.53. The maximum Gasteiger partial charge on any atom is 0.0949 e. The highest BCUT2D eigenvalue weighted by molar-refractivity contribution is 4.94. The third-order valence-electron chi connectivity index (χ3n) is 3.26. The Balaban J connectivity index is 2.44. The fourth-order valence-corrected chi connectivity index (χ4v) is 2.24. The Hall–Kier alpha value is -0.590. The van der Waals surface area contributed by atoms with Gasteiger partial charge < -0.3 is 0 Å². The summed E-state index contributed by atoms with van der Waals surface area (Å²) >= 11 is 0. The molecule has 14 heavy (non-hydrogen) atoms. The van der Waals surface area contributed by atoms with Crippen LogP contribution in [0.15, 0.2) is 0 Å². The Labute approximate surface area is 87.3 Å². The molecule has 0 N–H and O–H groups in total. The molecule has 80 valence electrons. The molecule has 1 saturated heterocycles. The van der Waals surface area contributed by atoms with E-state index in [0.717, 1.165) is 26.2 Å². The second kappa shape index (κ2) is 5.33. The number of rotatable bonds is 4. The van der Waals surface area contributed by atoms with Gasteiger partial charge in [0.1, 0.15) is 0 Å². The van der Waals surface area contributed by atoms with Crippen LogP contribution >= 0.6 is 0 Å². The Morgan fingerprint density at radius 1 is 1.50 bits per heavy atom. The largest absolute Gasteiger partial charge is 0.300 e. The van der Waals surface area contributed by atoms with Crippen LogP contribution in [-0.2, 0) is 0 Å². The number of nitrogens with zero attached hydrogens (tertiary/aromatic N) is 3. The first kappa shape index (κ1) is 11.5. The first-order chi connectivity index (χ1) is 6.72. The van der Waals surface area contributed by atoms with Gasteiger partial charge in [0, 0.05) is 19.1 Å². The number of likely N-dealkylation sites (N-methyl/N-ethyl adjacent to an activating group) is 1. The summed E-state index contributed by atoms with van der Waals surface area (Å²) < 4.78 is 0. The summed E-state index contributed by atoms with van der Waals surface area (Å²) in [5.41, 5.74) is 0. The molecule has 0 spiro atoms. The van der Waals surface area contributed by atoms with Crippen molar-refractivity contribution in [2.24, 2.45) is 0 Å². The van der Waals surface area contributed by atoms with Gasteiger partial charge in [-0.15, -0.1) is 0 Å². The van der Waals surface area contributed by atoms with Crippen LogP contribution in [0, 0.1) is 11.3 Å². The van der Waals surface area contributed by atoms with E-state index in [0.29, 0.717) is 6.04 Å². The second-order valence-corrected chi connectivity index (χ2v) is 3.96. The minimum absolute atomic E-state index is 0.0792. The van der Waals surface area contributed by atoms with Crippen molar-refractivity contribution in [3.63, 3.8) is 0 Å². The van der Waals surface area contributed by atoms with E-state index in [4.69, 9.17) is 5.26 Å². The van der Waals surface area contributed by atoms with Crippen LogP contribution in [0.2, 0.25) is 0 Å². The molecule has 1 aliphatic heterocycles. The summed E-state index contributed by atoms with van der Waals surface area (Å²) in [5, 5.41) is 8.83. The zero-order valence-electron chi connectivity index (χ0n) is 9.53. The average molecular weight is 195 g/mol. The Morgan fingerprint density at radius 3 is 2.64 bits per heavy atom. The monoisotopic (exact) mass is 195 g/mol. The molecule has 2 atom stereocenters. The van der Waals surface area contributed by atoms with Gasteiger partial charge in [-0.05, 0) is 26.4 Å². The highest BCUT2D eigenvalue weighted by atomic mass is 15.3. The normalized spacial score (nSPS) is 25.2. The second-order valence-electron chi connectivity index (χ2n) is 3.96. The molecule has 0 bridgehead atoms. The predicted molar refractivity (Wildman–Crippen MR) is 58.0 cm³/mol. The highest BCUT2D eigenvalue weighted by Crippen LogP contribution is 2.17. The SMILES string of the molecule is CCN(CC)C1CCN(C(C)C#N)C1. The molecule has 0 aromatic heterocycles. The summed E-state index contributed by atoms with van der Waals surface area (Å²) in [5.74, 6) is 0. The van der Waals surface area contributed by atoms with Crippen molar-refractivity contribution in [1.82, 2.24) is 9.80 Å². The van der Waals surface area contributed by atoms with Gasteiger partial charge in [0.05, 0.1) is 12.1 Å². The maximum atomic E-state index is 8.83. The molecule has 3 nitrogen and oxygen atoms in total. The molecular formula is C11H21N3. The molecule has 0 aromatic carbocycles. The van der Waals surface area contributed by atoms with Crippen molar-refractivity contribution in [2.45, 2.75) is 39.3 Å². The van der Waals surface area contributed by atoms with Crippen LogP contribution in [0.5, 0.6) is 0 Å². The van der Waals surface area contributed by atoms with Gasteiger partial charge in [0.2, 0.25) is 0 Å². The smallest absolute Gasteiger partial charge is 0.0949 e. The van der Waals surface area contributed by atoms with Gasteiger partial charge in [0.25, 0.3) is 0 Å². The minimum Gasteiger partial charge on any atom is -0.300 e. The van der Waals surface area contributed by atoms with E-state index in [1.807, 2.05) is 6.92 Å². The van der Waals surface area contributed by atoms with Crippen molar-refractivity contribution < 1.29 is 0 Å². The van der Waals surface area contributed by atoms with Gasteiger partial charge >= 0.3 is 0 Å². The molecule has 1 rings (SSSR count). The van der Waals surface area contributed by atoms with Gasteiger partial charge in [-0.3, -0.25) is 9.80 Å². The lowest BCUT2D eigenvalue weighted by Crippen LogP contribution is -2.38. The molecule has 1 fully saturated rings. The number of nitriles is 1. The maximum absolute atomic E-state index is 8.83. The van der Waals surface area contributed by atoms with Gasteiger partial charge in [-0.1, -0.05) is 13.8 Å². The molecule has 2 unspecified atom stereocenters. The standard InChI is InChI=1S/C11H21N3/c1-4-13(5-2)11-6-7-14(9-11)10(3)8-12/h10-11H,4-7,9H2,1-3H3. The predicted octanol–water partition coefficient (Wildman–Crippen LogP) is 1.31. The van der Waals surface area contributed by atoms with Crippen LogP contribution in [-0.4, -0.2) is 48.1 Å². The Morgan fingerprint density at radius 2 is 2.14 bits per heavy atom. The first-order valence-electron chi connectivity index (χ1n) is 5.60. The Kier molecular flexibility index (Phi) is 4.37. The zero-order chi connectivity index (χ0) is 10.6. The van der Waals surface area contributed by atoms with Gasteiger partial charge in [-0.2, -0.15) is 5.26 Å². The van der Waals surface area contributed by atoms with Gasteiger partial charge in [-0.25, -0.2) is 0 Å². The number of likely N-dealkylation sites (tertiary alicyclic amines) is 1. The average Bonchev–Trinajstić information content (AvgIpc) is 2.68. The summed E-state index contributed by atoms with van der Waals surface area (Å²) in [6.07, 6.45) is 1.22. The van der Waals surface area contributed by atoms with Crippen molar-refractivity contribution >= 4 is 0 Å². The molecule has 0 radical (unpaired) electrons. The van der Waals surface area contributed by atoms with Crippen molar-refractivity contribution in [1.29, 1.82) is 5.26 Å². The highest BCUT2D eigenvalue weighted by Gasteiger charge is 2.28. The number of hydrogen-bond donors (Lipinski definition) is 0. The van der Waals surface area contributed by atoms with Crippen LogP contribution < -0.4 is 0 Å². The van der Waals surface area contributed by atoms with E-state index in [-0.39, 0.29) is 6.04 Å². The van der Waals surface area contributed by atoms with Crippen molar-refractivity contribution in [3.05, 3.63) is 0 Å². The summed E-state index contributed by atoms with van der Waals surface area (Å²) in [6, 6.07) is 3.06. The molecule has 1 aliphatic rings. The first-order valence-corrected chi connectivity index (χ1v) is 5.60. The number of hydrogen-bond acceptors (Lipinski definition) is 3. The fourth-order valence-electron chi connectivity index (χ4n) is 2.24. The van der Waals surface area contributed by atoms with E-state index in [9.17, 15) is 0 Å². The Bertz CT molecular complexity index is 205. The molecule has 0 aliphatic carbocycles. The summed E-state index contributed by atoms with van der Waals surface area (Å²) in [4.78, 5) is 4.77. The molecule has 0 amide bonds. The molecular weight excluding hydrogens is 174 g/mol. The lowest BCUT2D eigenvalue weighted by atomic mass is 10.2. The quantitative estimate of drug-likeness (QED) is 0.677.